The van der Waals surface area contributed by atoms with Crippen molar-refractivity contribution in [3.63, 3.8) is 0 Å². The summed E-state index contributed by atoms with van der Waals surface area (Å²) in [5.41, 5.74) is 12.3. The highest BCUT2D eigenvalue weighted by Gasteiger charge is 2.51. The van der Waals surface area contributed by atoms with Crippen molar-refractivity contribution in [1.82, 2.24) is 10.1 Å². The third-order valence-corrected chi connectivity index (χ3v) is 3.27. The Labute approximate surface area is 103 Å². The quantitative estimate of drug-likeness (QED) is 0.777. The average molecular weight is 244 g/mol. The van der Waals surface area contributed by atoms with Gasteiger partial charge in [-0.15, -0.1) is 0 Å². The van der Waals surface area contributed by atoms with Gasteiger partial charge >= 0.3 is 0 Å². The second-order valence-corrected chi connectivity index (χ2v) is 4.49. The molecule has 0 radical (unpaired) electrons. The number of nitrogen functional groups attached to an aromatic ring is 1. The van der Waals surface area contributed by atoms with E-state index in [9.17, 15) is 4.79 Å². The largest absolute Gasteiger partial charge is 0.399 e. The minimum absolute atomic E-state index is 0.0771. The van der Waals surface area contributed by atoms with Crippen LogP contribution in [0.25, 0.3) is 0 Å². The van der Waals surface area contributed by atoms with E-state index in [1.54, 1.807) is 0 Å². The first-order valence-corrected chi connectivity index (χ1v) is 5.62. The number of nitrogens with two attached hydrogens (primary N) is 2. The Morgan fingerprint density at radius 2 is 1.94 bits per heavy atom. The van der Waals surface area contributed by atoms with Gasteiger partial charge in [0.15, 0.2) is 0 Å². The lowest BCUT2D eigenvalue weighted by atomic mass is 9.96. The highest BCUT2D eigenvalue weighted by atomic mass is 16.5. The van der Waals surface area contributed by atoms with E-state index in [-0.39, 0.29) is 11.2 Å². The van der Waals surface area contributed by atoms with Crippen LogP contribution in [0.15, 0.2) is 28.8 Å². The lowest BCUT2D eigenvalue weighted by Crippen LogP contribution is -2.14. The maximum atomic E-state index is 11.0. The molecule has 6 heteroatoms. The van der Waals surface area contributed by atoms with E-state index in [4.69, 9.17) is 16.0 Å². The number of nitrogens with zero attached hydrogens (tertiary/aromatic N) is 2. The first-order valence-electron chi connectivity index (χ1n) is 5.62. The Hall–Kier alpha value is -2.37. The number of carbonyl (C=O) groups is 1. The van der Waals surface area contributed by atoms with Crippen molar-refractivity contribution in [2.24, 2.45) is 5.73 Å². The van der Waals surface area contributed by atoms with Gasteiger partial charge in [0, 0.05) is 5.69 Å². The lowest BCUT2D eigenvalue weighted by Gasteiger charge is -2.10. The van der Waals surface area contributed by atoms with Gasteiger partial charge in [0.2, 0.25) is 5.89 Å². The smallest absolute Gasteiger partial charge is 0.290 e. The van der Waals surface area contributed by atoms with E-state index in [2.05, 4.69) is 10.1 Å². The van der Waals surface area contributed by atoms with Crippen LogP contribution in [0.5, 0.6) is 0 Å². The molecule has 1 fully saturated rings. The van der Waals surface area contributed by atoms with E-state index >= 15 is 0 Å². The number of aromatic nitrogens is 2. The van der Waals surface area contributed by atoms with Crippen molar-refractivity contribution in [3.05, 3.63) is 41.5 Å². The predicted molar refractivity (Wildman–Crippen MR) is 63.7 cm³/mol. The average Bonchev–Trinajstić information content (AvgIpc) is 3.00. The minimum atomic E-state index is -0.682. The van der Waals surface area contributed by atoms with Gasteiger partial charge in [-0.3, -0.25) is 4.79 Å². The number of anilines is 1. The number of hydrogen-bond acceptors (Lipinski definition) is 5. The summed E-state index contributed by atoms with van der Waals surface area (Å²) in [6.07, 6.45) is 1.83. The van der Waals surface area contributed by atoms with Gasteiger partial charge in [0.1, 0.15) is 0 Å². The highest BCUT2D eigenvalue weighted by molar-refractivity contribution is 5.88. The molecule has 1 saturated carbocycles. The third kappa shape index (κ3) is 1.54. The molecule has 1 aliphatic rings. The summed E-state index contributed by atoms with van der Waals surface area (Å²) >= 11 is 0. The fourth-order valence-corrected chi connectivity index (χ4v) is 2.07. The summed E-state index contributed by atoms with van der Waals surface area (Å²) in [5, 5.41) is 3.58. The molecule has 2 aromatic rings. The Balaban J connectivity index is 1.99. The molecule has 0 spiro atoms. The molecule has 0 aliphatic heterocycles. The van der Waals surface area contributed by atoms with Gasteiger partial charge in [0.05, 0.1) is 5.41 Å². The zero-order chi connectivity index (χ0) is 12.8. The predicted octanol–water partition coefficient (Wildman–Crippen LogP) is 0.831. The molecule has 0 bridgehead atoms. The molecule has 6 nitrogen and oxygen atoms in total. The van der Waals surface area contributed by atoms with Crippen LogP contribution in [0, 0.1) is 0 Å². The maximum Gasteiger partial charge on any atom is 0.290 e. The van der Waals surface area contributed by atoms with Gasteiger partial charge in [-0.25, -0.2) is 0 Å². The molecular formula is C12H12N4O2. The first kappa shape index (κ1) is 10.8. The molecule has 1 aromatic carbocycles. The molecule has 0 saturated heterocycles. The Morgan fingerprint density at radius 3 is 2.44 bits per heavy atom. The molecule has 18 heavy (non-hydrogen) atoms. The minimum Gasteiger partial charge on any atom is -0.399 e. The normalized spacial score (nSPS) is 16.4. The molecule has 0 atom stereocenters. The summed E-state index contributed by atoms with van der Waals surface area (Å²) < 4.78 is 5.14. The van der Waals surface area contributed by atoms with Crippen molar-refractivity contribution >= 4 is 11.6 Å². The fourth-order valence-electron chi connectivity index (χ4n) is 2.07. The van der Waals surface area contributed by atoms with Crippen molar-refractivity contribution in [2.45, 2.75) is 18.3 Å². The summed E-state index contributed by atoms with van der Waals surface area (Å²) in [7, 11) is 0. The van der Waals surface area contributed by atoms with Crippen LogP contribution in [0.2, 0.25) is 0 Å². The zero-order valence-corrected chi connectivity index (χ0v) is 9.59. The maximum absolute atomic E-state index is 11.0. The van der Waals surface area contributed by atoms with Gasteiger partial charge in [-0.1, -0.05) is 17.3 Å². The van der Waals surface area contributed by atoms with Gasteiger partial charge in [0.25, 0.3) is 11.7 Å². The van der Waals surface area contributed by atoms with Crippen LogP contribution in [-0.2, 0) is 5.41 Å². The molecule has 3 rings (SSSR count). The third-order valence-electron chi connectivity index (χ3n) is 3.27. The summed E-state index contributed by atoms with van der Waals surface area (Å²) in [5.74, 6) is -0.314. The Kier molecular flexibility index (Phi) is 2.13. The molecule has 1 heterocycles. The second-order valence-electron chi connectivity index (χ2n) is 4.49. The molecule has 1 aromatic heterocycles. The Bertz CT molecular complexity index is 599. The molecule has 0 unspecified atom stereocenters. The van der Waals surface area contributed by atoms with Crippen molar-refractivity contribution < 1.29 is 9.32 Å². The van der Waals surface area contributed by atoms with Crippen LogP contribution < -0.4 is 11.5 Å². The highest BCUT2D eigenvalue weighted by Crippen LogP contribution is 2.52. The van der Waals surface area contributed by atoms with Crippen molar-refractivity contribution in [2.75, 3.05) is 5.73 Å². The first-order chi connectivity index (χ1) is 8.62. The number of amides is 1. The van der Waals surface area contributed by atoms with Crippen LogP contribution in [0.1, 0.15) is 34.9 Å². The van der Waals surface area contributed by atoms with Gasteiger partial charge < -0.3 is 16.0 Å². The number of benzene rings is 1. The standard InChI is InChI=1S/C12H12N4O2/c13-8-3-1-7(2-4-8)12(5-6-12)11-15-10(9(14)17)16-18-11/h1-4H,5-6,13H2,(H2,14,17). The van der Waals surface area contributed by atoms with E-state index in [1.807, 2.05) is 24.3 Å². The van der Waals surface area contributed by atoms with Crippen LogP contribution in [0.3, 0.4) is 0 Å². The number of rotatable bonds is 3. The Morgan fingerprint density at radius 1 is 1.28 bits per heavy atom. The van der Waals surface area contributed by atoms with Crippen LogP contribution in [-0.4, -0.2) is 16.0 Å². The summed E-state index contributed by atoms with van der Waals surface area (Å²) in [4.78, 5) is 15.0. The van der Waals surface area contributed by atoms with Gasteiger partial charge in [-0.2, -0.15) is 4.98 Å². The summed E-state index contributed by atoms with van der Waals surface area (Å²) in [6, 6.07) is 7.55. The van der Waals surface area contributed by atoms with E-state index in [0.717, 1.165) is 18.4 Å². The van der Waals surface area contributed by atoms with E-state index in [0.29, 0.717) is 11.6 Å². The molecule has 4 N–H and O–H groups in total. The molecule has 92 valence electrons. The van der Waals surface area contributed by atoms with E-state index in [1.165, 1.54) is 0 Å². The van der Waals surface area contributed by atoms with Crippen LogP contribution >= 0.6 is 0 Å². The zero-order valence-electron chi connectivity index (χ0n) is 9.59. The SMILES string of the molecule is NC(=O)c1noc(C2(c3ccc(N)cc3)CC2)n1. The number of primary amides is 1. The van der Waals surface area contributed by atoms with Crippen molar-refractivity contribution in [3.8, 4) is 0 Å². The van der Waals surface area contributed by atoms with Crippen molar-refractivity contribution in [1.29, 1.82) is 0 Å². The van der Waals surface area contributed by atoms with Gasteiger partial charge in [-0.05, 0) is 30.5 Å². The van der Waals surface area contributed by atoms with Crippen LogP contribution in [0.4, 0.5) is 5.69 Å². The molecular weight excluding hydrogens is 232 g/mol. The fraction of sp³-hybridized carbons (Fsp3) is 0.250. The topological polar surface area (TPSA) is 108 Å². The second kappa shape index (κ2) is 3.56. The lowest BCUT2D eigenvalue weighted by molar-refractivity contribution is 0.0987. The monoisotopic (exact) mass is 244 g/mol. The number of hydrogen-bond donors (Lipinski definition) is 2. The van der Waals surface area contributed by atoms with E-state index < -0.39 is 5.91 Å². The number of carbonyl (C=O) groups excluding carboxylic acids is 1. The molecule has 1 aliphatic carbocycles. The molecule has 1 amide bonds. The summed E-state index contributed by atoms with van der Waals surface area (Å²) in [6.45, 7) is 0.